The monoisotopic (exact) mass is 436 g/mol. The van der Waals surface area contributed by atoms with Gasteiger partial charge in [0.25, 0.3) is 30.4 Å². The average molecular weight is 437 g/mol. The molecule has 25 heavy (non-hydrogen) atoms. The molecule has 6 N–H and O–H groups in total. The molecule has 0 fully saturated rings. The maximum Gasteiger partial charge on any atom is 0.261 e. The average Bonchev–Trinajstić information content (AvgIpc) is 2.28. The lowest BCUT2D eigenvalue weighted by molar-refractivity contribution is 0.0856. The molecule has 0 aliphatic carbocycles. The Morgan fingerprint density at radius 1 is 0.680 bits per heavy atom. The third kappa shape index (κ3) is 190. The van der Waals surface area contributed by atoms with Gasteiger partial charge in [0.2, 0.25) is 0 Å². The van der Waals surface area contributed by atoms with E-state index in [4.69, 9.17) is 29.0 Å². The lowest BCUT2D eigenvalue weighted by Gasteiger charge is -2.04. The number of rotatable bonds is 6. The van der Waals surface area contributed by atoms with Crippen molar-refractivity contribution in [1.82, 2.24) is 0 Å². The van der Waals surface area contributed by atoms with Gasteiger partial charge in [-0.05, 0) is 12.8 Å². The molecule has 0 rings (SSSR count). The van der Waals surface area contributed by atoms with Crippen LogP contribution >= 0.6 is 0 Å². The summed E-state index contributed by atoms with van der Waals surface area (Å²) in [7, 11) is -11.0. The van der Waals surface area contributed by atoms with E-state index < -0.39 is 36.5 Å². The predicted molar refractivity (Wildman–Crippen MR) is 91.1 cm³/mol. The first-order valence-corrected chi connectivity index (χ1v) is 12.0. The molecule has 1 atom stereocenters. The summed E-state index contributed by atoms with van der Waals surface area (Å²) in [4.78, 5) is 0. The van der Waals surface area contributed by atoms with E-state index in [0.29, 0.717) is 25.2 Å². The third-order valence-corrected chi connectivity index (χ3v) is 1.41. The summed E-state index contributed by atoms with van der Waals surface area (Å²) < 4.78 is 77.6. The van der Waals surface area contributed by atoms with E-state index in [0.717, 1.165) is 19.3 Å². The summed E-state index contributed by atoms with van der Waals surface area (Å²) in [6.45, 7) is 0.0638. The SMILES string of the molecule is CS(=O)(=O)O.CS(=O)(=O)O.CS(=O)(=O)O.OCCCCCC(O)CO. The third-order valence-electron chi connectivity index (χ3n) is 1.41. The first-order chi connectivity index (χ1) is 10.8. The summed E-state index contributed by atoms with van der Waals surface area (Å²) in [5, 5.41) is 25.6. The summed E-state index contributed by atoms with van der Waals surface area (Å²) in [6, 6.07) is 0. The lowest BCUT2D eigenvalue weighted by atomic mass is 10.1. The molecule has 0 aliphatic heterocycles. The second-order valence-electron chi connectivity index (χ2n) is 4.61. The highest BCUT2D eigenvalue weighted by Crippen LogP contribution is 2.02. The number of aliphatic hydroxyl groups is 3. The molecular formula is C10H28O12S3. The topological polar surface area (TPSA) is 224 Å². The van der Waals surface area contributed by atoms with Crippen LogP contribution in [0.25, 0.3) is 0 Å². The van der Waals surface area contributed by atoms with Gasteiger partial charge in [0.15, 0.2) is 0 Å². The van der Waals surface area contributed by atoms with Crippen LogP contribution in [0, 0.1) is 0 Å². The van der Waals surface area contributed by atoms with Crippen molar-refractivity contribution in [3.05, 3.63) is 0 Å². The van der Waals surface area contributed by atoms with Gasteiger partial charge < -0.3 is 15.3 Å². The quantitative estimate of drug-likeness (QED) is 0.204. The van der Waals surface area contributed by atoms with E-state index in [1.54, 1.807) is 0 Å². The van der Waals surface area contributed by atoms with Crippen LogP contribution in [0.4, 0.5) is 0 Å². The van der Waals surface area contributed by atoms with Crippen molar-refractivity contribution in [2.45, 2.75) is 31.8 Å². The highest BCUT2D eigenvalue weighted by atomic mass is 32.2. The Hall–Kier alpha value is -0.390. The fourth-order valence-electron chi connectivity index (χ4n) is 0.760. The standard InChI is InChI=1S/C7H16O3.3CH4O3S/c8-5-3-1-2-4-7(10)6-9;3*1-5(2,3)4/h7-10H,1-6H2;3*1H3,(H,2,3,4). The zero-order chi connectivity index (χ0) is 21.3. The van der Waals surface area contributed by atoms with Gasteiger partial charge in [-0.25, -0.2) is 0 Å². The second kappa shape index (κ2) is 17.0. The molecule has 15 heteroatoms. The lowest BCUT2D eigenvalue weighted by Crippen LogP contribution is -2.11. The minimum Gasteiger partial charge on any atom is -0.396 e. The van der Waals surface area contributed by atoms with Crippen molar-refractivity contribution in [3.8, 4) is 0 Å². The molecule has 0 saturated carbocycles. The Balaban J connectivity index is -0.000000126. The van der Waals surface area contributed by atoms with Crippen LogP contribution in [-0.4, -0.2) is 92.3 Å². The molecule has 12 nitrogen and oxygen atoms in total. The minimum absolute atomic E-state index is 0.154. The van der Waals surface area contributed by atoms with E-state index in [1.807, 2.05) is 0 Å². The molecule has 0 aromatic carbocycles. The van der Waals surface area contributed by atoms with Gasteiger partial charge in [-0.2, -0.15) is 25.3 Å². The van der Waals surface area contributed by atoms with Gasteiger partial charge in [0, 0.05) is 6.61 Å². The predicted octanol–water partition coefficient (Wildman–Crippen LogP) is -1.60. The van der Waals surface area contributed by atoms with Gasteiger partial charge in [-0.3, -0.25) is 13.7 Å². The number of unbranched alkanes of at least 4 members (excludes halogenated alkanes) is 2. The van der Waals surface area contributed by atoms with Gasteiger partial charge in [-0.1, -0.05) is 12.8 Å². The maximum absolute atomic E-state index is 9.19. The van der Waals surface area contributed by atoms with Crippen LogP contribution in [-0.2, 0) is 30.4 Å². The van der Waals surface area contributed by atoms with Crippen LogP contribution in [0.2, 0.25) is 0 Å². The summed E-state index contributed by atoms with van der Waals surface area (Å²) in [5.41, 5.74) is 0. The second-order valence-corrected chi connectivity index (χ2v) is 9.01. The molecule has 0 radical (unpaired) electrons. The molecule has 0 aromatic rings. The van der Waals surface area contributed by atoms with Crippen LogP contribution < -0.4 is 0 Å². The summed E-state index contributed by atoms with van der Waals surface area (Å²) in [5.74, 6) is 0. The smallest absolute Gasteiger partial charge is 0.261 e. The van der Waals surface area contributed by atoms with Gasteiger partial charge in [-0.15, -0.1) is 0 Å². The molecule has 0 aliphatic rings. The van der Waals surface area contributed by atoms with Gasteiger partial charge in [0.1, 0.15) is 0 Å². The minimum atomic E-state index is -3.67. The van der Waals surface area contributed by atoms with Gasteiger partial charge in [0.05, 0.1) is 31.5 Å². The number of hydrogen-bond acceptors (Lipinski definition) is 9. The van der Waals surface area contributed by atoms with E-state index in [-0.39, 0.29) is 13.2 Å². The highest BCUT2D eigenvalue weighted by molar-refractivity contribution is 7.85. The number of aliphatic hydroxyl groups excluding tert-OH is 3. The molecule has 1 unspecified atom stereocenters. The molecule has 0 aromatic heterocycles. The van der Waals surface area contributed by atoms with E-state index >= 15 is 0 Å². The Labute approximate surface area is 148 Å². The normalized spacial score (nSPS) is 12.4. The molecule has 0 amide bonds. The van der Waals surface area contributed by atoms with Crippen LogP contribution in [0.15, 0.2) is 0 Å². The van der Waals surface area contributed by atoms with Crippen molar-refractivity contribution in [2.75, 3.05) is 32.0 Å². The molecule has 158 valence electrons. The summed E-state index contributed by atoms with van der Waals surface area (Å²) >= 11 is 0. The van der Waals surface area contributed by atoms with Crippen LogP contribution in [0.1, 0.15) is 25.7 Å². The fourth-order valence-corrected chi connectivity index (χ4v) is 0.760. The van der Waals surface area contributed by atoms with Crippen molar-refractivity contribution in [1.29, 1.82) is 0 Å². The van der Waals surface area contributed by atoms with Crippen molar-refractivity contribution < 1.29 is 54.2 Å². The van der Waals surface area contributed by atoms with Gasteiger partial charge >= 0.3 is 0 Å². The first-order valence-electron chi connectivity index (χ1n) is 6.48. The van der Waals surface area contributed by atoms with E-state index in [1.165, 1.54) is 0 Å². The van der Waals surface area contributed by atoms with E-state index in [2.05, 4.69) is 0 Å². The highest BCUT2D eigenvalue weighted by Gasteiger charge is 1.99. The van der Waals surface area contributed by atoms with Crippen molar-refractivity contribution in [2.24, 2.45) is 0 Å². The van der Waals surface area contributed by atoms with E-state index in [9.17, 15) is 25.3 Å². The zero-order valence-electron chi connectivity index (χ0n) is 14.2. The van der Waals surface area contributed by atoms with Crippen molar-refractivity contribution in [3.63, 3.8) is 0 Å². The zero-order valence-corrected chi connectivity index (χ0v) is 16.6. The summed E-state index contributed by atoms with van der Waals surface area (Å²) in [6.07, 6.45) is 4.80. The fraction of sp³-hybridized carbons (Fsp3) is 1.00. The maximum atomic E-state index is 9.19. The van der Waals surface area contributed by atoms with Crippen molar-refractivity contribution >= 4 is 30.4 Å². The first kappa shape index (κ1) is 32.3. The molecular weight excluding hydrogens is 408 g/mol. The Morgan fingerprint density at radius 3 is 1.16 bits per heavy atom. The number of hydrogen-bond donors (Lipinski definition) is 6. The Bertz CT molecular complexity index is 483. The van der Waals surface area contributed by atoms with Crippen LogP contribution in [0.3, 0.4) is 0 Å². The molecule has 0 heterocycles. The molecule has 0 spiro atoms. The molecule has 0 bridgehead atoms. The molecule has 0 saturated heterocycles. The Morgan fingerprint density at radius 2 is 0.960 bits per heavy atom. The van der Waals surface area contributed by atoms with Crippen LogP contribution in [0.5, 0.6) is 0 Å². The largest absolute Gasteiger partial charge is 0.396 e. The Kier molecular flexibility index (Phi) is 22.0.